The fraction of sp³-hybridized carbons (Fsp3) is 0.294. The Morgan fingerprint density at radius 3 is 2.75 bits per heavy atom. The van der Waals surface area contributed by atoms with Crippen LogP contribution in [0, 0.1) is 5.92 Å². The number of carbonyl (C=O) groups excluding carboxylic acids is 1. The average molecular weight is 394 g/mol. The van der Waals surface area contributed by atoms with Crippen molar-refractivity contribution in [2.24, 2.45) is 5.92 Å². The number of hydrogen-bond acceptors (Lipinski definition) is 4. The van der Waals surface area contributed by atoms with Crippen molar-refractivity contribution in [3.8, 4) is 11.6 Å². The van der Waals surface area contributed by atoms with Crippen LogP contribution in [0.1, 0.15) is 13.8 Å². The third-order valence-electron chi connectivity index (χ3n) is 3.51. The summed E-state index contributed by atoms with van der Waals surface area (Å²) in [5, 5.41) is 14.5. The van der Waals surface area contributed by atoms with Crippen LogP contribution < -0.4 is 15.4 Å². The Morgan fingerprint density at radius 2 is 2.12 bits per heavy atom. The lowest BCUT2D eigenvalue weighted by molar-refractivity contribution is 0.204. The lowest BCUT2D eigenvalue weighted by atomic mass is 10.1. The number of carbonyl (C=O) groups is 1. The monoisotopic (exact) mass is 393 g/mol. The summed E-state index contributed by atoms with van der Waals surface area (Å²) in [4.78, 5) is 16.1. The van der Waals surface area contributed by atoms with Crippen LogP contribution in [-0.4, -0.2) is 28.8 Å². The smallest absolute Gasteiger partial charge is 0.319 e. The third-order valence-corrected chi connectivity index (χ3v) is 4.01. The van der Waals surface area contributed by atoms with Gasteiger partial charge in [-0.05, 0) is 37.1 Å². The number of nitrogens with one attached hydrogen (secondary N) is 2. The predicted molar refractivity (Wildman–Crippen MR) is 96.3 cm³/mol. The van der Waals surface area contributed by atoms with Crippen molar-refractivity contribution in [3.05, 3.63) is 47.1 Å². The molecule has 3 N–H and O–H groups in total. The Kier molecular flexibility index (Phi) is 6.57. The molecule has 0 aliphatic heterocycles. The zero-order valence-electron chi connectivity index (χ0n) is 13.5. The maximum Gasteiger partial charge on any atom is 0.319 e. The van der Waals surface area contributed by atoms with Gasteiger partial charge in [-0.15, -0.1) is 0 Å². The van der Waals surface area contributed by atoms with Gasteiger partial charge >= 0.3 is 6.03 Å². The highest BCUT2D eigenvalue weighted by molar-refractivity contribution is 9.10. The first-order valence-corrected chi connectivity index (χ1v) is 8.35. The molecule has 2 amide bonds. The molecule has 0 fully saturated rings. The molecule has 0 aliphatic carbocycles. The maximum atomic E-state index is 11.9. The number of nitrogens with zero attached hydrogens (tertiary/aromatic N) is 1. The maximum absolute atomic E-state index is 11.9. The van der Waals surface area contributed by atoms with Crippen LogP contribution in [0.5, 0.6) is 11.6 Å². The van der Waals surface area contributed by atoms with Crippen molar-refractivity contribution in [3.63, 3.8) is 0 Å². The summed E-state index contributed by atoms with van der Waals surface area (Å²) in [6, 6.07) is 10.3. The molecule has 2 unspecified atom stereocenters. The van der Waals surface area contributed by atoms with Crippen LogP contribution in [0.15, 0.2) is 47.1 Å². The predicted octanol–water partition coefficient (Wildman–Crippen LogP) is 3.77. The first-order chi connectivity index (χ1) is 11.5. The fourth-order valence-corrected chi connectivity index (χ4v) is 2.22. The topological polar surface area (TPSA) is 83.5 Å². The van der Waals surface area contributed by atoms with E-state index in [9.17, 15) is 4.79 Å². The number of pyridine rings is 1. The Morgan fingerprint density at radius 1 is 1.33 bits per heavy atom. The molecule has 0 radical (unpaired) electrons. The normalized spacial score (nSPS) is 13.0. The van der Waals surface area contributed by atoms with Gasteiger partial charge in [0.05, 0.1) is 11.9 Å². The van der Waals surface area contributed by atoms with E-state index in [2.05, 4.69) is 31.5 Å². The minimum atomic E-state index is -0.342. The van der Waals surface area contributed by atoms with E-state index in [0.717, 1.165) is 4.47 Å². The first-order valence-electron chi connectivity index (χ1n) is 7.56. The number of rotatable bonds is 6. The van der Waals surface area contributed by atoms with Gasteiger partial charge in [0.25, 0.3) is 0 Å². The van der Waals surface area contributed by atoms with Crippen molar-refractivity contribution < 1.29 is 14.6 Å². The summed E-state index contributed by atoms with van der Waals surface area (Å²) in [7, 11) is 0. The summed E-state index contributed by atoms with van der Waals surface area (Å²) in [6.45, 7) is 3.72. The number of ether oxygens (including phenoxy) is 1. The molecule has 0 saturated carbocycles. The number of anilines is 1. The lowest BCUT2D eigenvalue weighted by Gasteiger charge is -2.19. The van der Waals surface area contributed by atoms with Gasteiger partial charge in [0.2, 0.25) is 5.88 Å². The molecule has 24 heavy (non-hydrogen) atoms. The van der Waals surface area contributed by atoms with Gasteiger partial charge in [-0.3, -0.25) is 0 Å². The van der Waals surface area contributed by atoms with E-state index >= 15 is 0 Å². The molecular formula is C17H20BrN3O3. The highest BCUT2D eigenvalue weighted by atomic mass is 79.9. The zero-order chi connectivity index (χ0) is 17.5. The van der Waals surface area contributed by atoms with E-state index in [1.54, 1.807) is 12.1 Å². The number of aromatic nitrogens is 1. The molecule has 0 aliphatic rings. The number of aliphatic hydroxyl groups excluding tert-OH is 1. The minimum Gasteiger partial charge on any atom is -0.439 e. The quantitative estimate of drug-likeness (QED) is 0.697. The SMILES string of the molecule is CC(CO)C(C)NC(=O)Nc1ccc(Oc2cccc(Br)c2)nc1. The van der Waals surface area contributed by atoms with Crippen LogP contribution in [0.4, 0.5) is 10.5 Å². The molecule has 1 aromatic heterocycles. The van der Waals surface area contributed by atoms with Crippen LogP contribution >= 0.6 is 15.9 Å². The molecule has 7 heteroatoms. The second-order valence-electron chi connectivity index (χ2n) is 5.49. The molecule has 2 rings (SSSR count). The molecule has 128 valence electrons. The van der Waals surface area contributed by atoms with E-state index in [0.29, 0.717) is 17.3 Å². The Balaban J connectivity index is 1.91. The molecule has 2 aromatic rings. The molecule has 1 heterocycles. The summed E-state index contributed by atoms with van der Waals surface area (Å²) >= 11 is 3.38. The summed E-state index contributed by atoms with van der Waals surface area (Å²) in [5.74, 6) is 1.08. The highest BCUT2D eigenvalue weighted by Crippen LogP contribution is 2.23. The van der Waals surface area contributed by atoms with E-state index < -0.39 is 0 Å². The summed E-state index contributed by atoms with van der Waals surface area (Å²) < 4.78 is 6.55. The molecule has 2 atom stereocenters. The zero-order valence-corrected chi connectivity index (χ0v) is 15.1. The standard InChI is InChI=1S/C17H20BrN3O3/c1-11(10-22)12(2)20-17(23)21-14-6-7-16(19-9-14)24-15-5-3-4-13(18)8-15/h3-9,11-12,22H,10H2,1-2H3,(H2,20,21,23). The average Bonchev–Trinajstić information content (AvgIpc) is 2.55. The van der Waals surface area contributed by atoms with Gasteiger partial charge in [0, 0.05) is 23.2 Å². The molecule has 6 nitrogen and oxygen atoms in total. The number of urea groups is 1. The number of aliphatic hydroxyl groups is 1. The number of halogens is 1. The van der Waals surface area contributed by atoms with E-state index in [4.69, 9.17) is 9.84 Å². The van der Waals surface area contributed by atoms with Gasteiger partial charge in [-0.2, -0.15) is 0 Å². The van der Waals surface area contributed by atoms with Crippen molar-refractivity contribution in [1.82, 2.24) is 10.3 Å². The Labute approximate surface area is 149 Å². The fourth-order valence-electron chi connectivity index (χ4n) is 1.84. The summed E-state index contributed by atoms with van der Waals surface area (Å²) in [5.41, 5.74) is 0.554. The van der Waals surface area contributed by atoms with Gasteiger partial charge in [-0.1, -0.05) is 28.9 Å². The van der Waals surface area contributed by atoms with E-state index in [1.807, 2.05) is 38.1 Å². The van der Waals surface area contributed by atoms with Crippen LogP contribution in [0.25, 0.3) is 0 Å². The lowest BCUT2D eigenvalue weighted by Crippen LogP contribution is -2.40. The van der Waals surface area contributed by atoms with Gasteiger partial charge in [0.15, 0.2) is 0 Å². The molecule has 0 spiro atoms. The van der Waals surface area contributed by atoms with E-state index in [1.165, 1.54) is 6.20 Å². The van der Waals surface area contributed by atoms with Crippen LogP contribution in [0.2, 0.25) is 0 Å². The largest absolute Gasteiger partial charge is 0.439 e. The first kappa shape index (κ1) is 18.2. The molecule has 1 aromatic carbocycles. The van der Waals surface area contributed by atoms with Crippen molar-refractivity contribution in [2.45, 2.75) is 19.9 Å². The Hall–Kier alpha value is -2.12. The second-order valence-corrected chi connectivity index (χ2v) is 6.41. The molecule has 0 bridgehead atoms. The van der Waals surface area contributed by atoms with Gasteiger partial charge < -0.3 is 20.5 Å². The minimum absolute atomic E-state index is 0.0185. The van der Waals surface area contributed by atoms with Gasteiger partial charge in [-0.25, -0.2) is 9.78 Å². The van der Waals surface area contributed by atoms with Crippen molar-refractivity contribution in [1.29, 1.82) is 0 Å². The van der Waals surface area contributed by atoms with Crippen molar-refractivity contribution >= 4 is 27.6 Å². The number of benzene rings is 1. The molecule has 0 saturated heterocycles. The Bertz CT molecular complexity index is 679. The second kappa shape index (κ2) is 8.65. The van der Waals surface area contributed by atoms with Crippen LogP contribution in [-0.2, 0) is 0 Å². The number of hydrogen-bond donors (Lipinski definition) is 3. The summed E-state index contributed by atoms with van der Waals surface area (Å²) in [6.07, 6.45) is 1.52. The van der Waals surface area contributed by atoms with Gasteiger partial charge in [0.1, 0.15) is 5.75 Å². The van der Waals surface area contributed by atoms with Crippen LogP contribution in [0.3, 0.4) is 0 Å². The van der Waals surface area contributed by atoms with E-state index in [-0.39, 0.29) is 24.6 Å². The third kappa shape index (κ3) is 5.50. The molecular weight excluding hydrogens is 374 g/mol. The van der Waals surface area contributed by atoms with Crippen molar-refractivity contribution in [2.75, 3.05) is 11.9 Å². The number of amides is 2. The highest BCUT2D eigenvalue weighted by Gasteiger charge is 2.13.